The number of nitrogens with one attached hydrogen (secondary N) is 1. The highest BCUT2D eigenvalue weighted by atomic mass is 16.5. The summed E-state index contributed by atoms with van der Waals surface area (Å²) in [5.74, 6) is 0.741. The maximum Gasteiger partial charge on any atom is 0.241 e. The van der Waals surface area contributed by atoms with E-state index in [1.54, 1.807) is 7.11 Å². The highest BCUT2D eigenvalue weighted by Gasteiger charge is 2.45. The largest absolute Gasteiger partial charge is 0.378 e. The Morgan fingerprint density at radius 1 is 1.52 bits per heavy atom. The van der Waals surface area contributed by atoms with Gasteiger partial charge in [0.05, 0.1) is 25.4 Å². The summed E-state index contributed by atoms with van der Waals surface area (Å²) in [6.45, 7) is 8.42. The number of carbonyl (C=O) groups is 1. The lowest BCUT2D eigenvalue weighted by Crippen LogP contribution is -2.49. The van der Waals surface area contributed by atoms with Gasteiger partial charge in [-0.1, -0.05) is 27.2 Å². The third-order valence-corrected chi connectivity index (χ3v) is 4.58. The molecule has 3 unspecified atom stereocenters. The van der Waals surface area contributed by atoms with Crippen molar-refractivity contribution in [3.63, 3.8) is 0 Å². The zero-order valence-electron chi connectivity index (χ0n) is 13.9. The van der Waals surface area contributed by atoms with Crippen molar-refractivity contribution in [1.82, 2.24) is 10.2 Å². The predicted octanol–water partition coefficient (Wildman–Crippen LogP) is 1.76. The van der Waals surface area contributed by atoms with E-state index in [9.17, 15) is 4.79 Å². The van der Waals surface area contributed by atoms with Gasteiger partial charge in [0, 0.05) is 20.1 Å². The standard InChI is InChI=1S/C16H30N2O3/c1-5-6-14-17-13(9-12(2)3)15(19)18(14)10-16(20-4)7-8-21-11-16/h12-14,17H,5-11H2,1-4H3. The van der Waals surface area contributed by atoms with Gasteiger partial charge in [-0.2, -0.15) is 0 Å². The molecule has 0 aromatic rings. The van der Waals surface area contributed by atoms with Gasteiger partial charge >= 0.3 is 0 Å². The second kappa shape index (κ2) is 7.07. The Bertz CT molecular complexity index is 353. The fourth-order valence-electron chi connectivity index (χ4n) is 3.34. The van der Waals surface area contributed by atoms with Gasteiger partial charge in [-0.05, 0) is 18.8 Å². The van der Waals surface area contributed by atoms with Gasteiger partial charge in [-0.15, -0.1) is 0 Å². The number of ether oxygens (including phenoxy) is 2. The van der Waals surface area contributed by atoms with Crippen LogP contribution in [0.15, 0.2) is 0 Å². The molecule has 1 N–H and O–H groups in total. The Kier molecular flexibility index (Phi) is 5.63. The third-order valence-electron chi connectivity index (χ3n) is 4.58. The van der Waals surface area contributed by atoms with E-state index in [-0.39, 0.29) is 23.7 Å². The molecule has 2 fully saturated rings. The third kappa shape index (κ3) is 3.76. The minimum absolute atomic E-state index is 0.0437. The van der Waals surface area contributed by atoms with E-state index in [0.717, 1.165) is 32.3 Å². The SMILES string of the molecule is CCCC1NC(CC(C)C)C(=O)N1CC1(OC)CCOC1. The van der Waals surface area contributed by atoms with Crippen molar-refractivity contribution in [2.24, 2.45) is 5.92 Å². The van der Waals surface area contributed by atoms with E-state index in [1.165, 1.54) is 0 Å². The lowest BCUT2D eigenvalue weighted by molar-refractivity contribution is -0.135. The molecule has 0 aliphatic carbocycles. The normalized spacial score (nSPS) is 33.4. The summed E-state index contributed by atoms with van der Waals surface area (Å²) in [5, 5.41) is 3.52. The van der Waals surface area contributed by atoms with Crippen molar-refractivity contribution >= 4 is 5.91 Å². The number of rotatable bonds is 7. The molecule has 2 saturated heterocycles. The maximum absolute atomic E-state index is 12.7. The molecular formula is C16H30N2O3. The Hall–Kier alpha value is -0.650. The molecular weight excluding hydrogens is 268 g/mol. The second-order valence-electron chi connectivity index (χ2n) is 6.81. The highest BCUT2D eigenvalue weighted by molar-refractivity contribution is 5.84. The van der Waals surface area contributed by atoms with Gasteiger partial charge in [0.25, 0.3) is 0 Å². The van der Waals surface area contributed by atoms with Crippen molar-refractivity contribution in [2.75, 3.05) is 26.9 Å². The van der Waals surface area contributed by atoms with Gasteiger partial charge in [-0.25, -0.2) is 0 Å². The van der Waals surface area contributed by atoms with Crippen molar-refractivity contribution < 1.29 is 14.3 Å². The quantitative estimate of drug-likeness (QED) is 0.778. The Morgan fingerprint density at radius 2 is 2.29 bits per heavy atom. The van der Waals surface area contributed by atoms with E-state index in [2.05, 4.69) is 26.1 Å². The average Bonchev–Trinajstić information content (AvgIpc) is 3.01. The fourth-order valence-corrected chi connectivity index (χ4v) is 3.34. The van der Waals surface area contributed by atoms with Gasteiger partial charge in [0.2, 0.25) is 5.91 Å². The van der Waals surface area contributed by atoms with Crippen molar-refractivity contribution in [3.05, 3.63) is 0 Å². The predicted molar refractivity (Wildman–Crippen MR) is 82.0 cm³/mol. The molecule has 0 bridgehead atoms. The molecule has 122 valence electrons. The smallest absolute Gasteiger partial charge is 0.241 e. The molecule has 5 heteroatoms. The molecule has 3 atom stereocenters. The molecule has 0 radical (unpaired) electrons. The Labute approximate surface area is 128 Å². The molecule has 2 rings (SSSR count). The van der Waals surface area contributed by atoms with Crippen molar-refractivity contribution in [3.8, 4) is 0 Å². The van der Waals surface area contributed by atoms with E-state index in [4.69, 9.17) is 9.47 Å². The summed E-state index contributed by atoms with van der Waals surface area (Å²) >= 11 is 0. The monoisotopic (exact) mass is 298 g/mol. The first-order valence-corrected chi connectivity index (χ1v) is 8.21. The van der Waals surface area contributed by atoms with E-state index in [0.29, 0.717) is 19.1 Å². The first-order chi connectivity index (χ1) is 10.0. The molecule has 5 nitrogen and oxygen atoms in total. The number of methoxy groups -OCH3 is 1. The Balaban J connectivity index is 2.08. The summed E-state index contributed by atoms with van der Waals surface area (Å²) in [6.07, 6.45) is 3.94. The van der Waals surface area contributed by atoms with Crippen LogP contribution in [0.3, 0.4) is 0 Å². The first-order valence-electron chi connectivity index (χ1n) is 8.21. The molecule has 2 aliphatic rings. The van der Waals surface area contributed by atoms with Crippen molar-refractivity contribution in [1.29, 1.82) is 0 Å². The molecule has 0 aromatic carbocycles. The van der Waals surface area contributed by atoms with Crippen LogP contribution in [0, 0.1) is 5.92 Å². The minimum atomic E-state index is -0.323. The van der Waals surface area contributed by atoms with Crippen LogP contribution in [0.1, 0.15) is 46.5 Å². The summed E-state index contributed by atoms with van der Waals surface area (Å²) in [7, 11) is 1.73. The van der Waals surface area contributed by atoms with Crippen LogP contribution in [0.5, 0.6) is 0 Å². The van der Waals surface area contributed by atoms with Crippen LogP contribution in [-0.2, 0) is 14.3 Å². The van der Waals surface area contributed by atoms with Crippen molar-refractivity contribution in [2.45, 2.75) is 64.3 Å². The minimum Gasteiger partial charge on any atom is -0.378 e. The van der Waals surface area contributed by atoms with Gasteiger partial charge < -0.3 is 14.4 Å². The number of hydrogen-bond acceptors (Lipinski definition) is 4. The number of amides is 1. The molecule has 0 saturated carbocycles. The van der Waals surface area contributed by atoms with Crippen LogP contribution in [0.25, 0.3) is 0 Å². The number of nitrogens with zero attached hydrogens (tertiary/aromatic N) is 1. The van der Waals surface area contributed by atoms with Gasteiger partial charge in [-0.3, -0.25) is 10.1 Å². The van der Waals surface area contributed by atoms with E-state index < -0.39 is 0 Å². The van der Waals surface area contributed by atoms with E-state index in [1.807, 2.05) is 4.90 Å². The lowest BCUT2D eigenvalue weighted by atomic mass is 10.0. The summed E-state index contributed by atoms with van der Waals surface area (Å²) in [4.78, 5) is 14.7. The molecule has 2 aliphatic heterocycles. The van der Waals surface area contributed by atoms with Crippen LogP contribution >= 0.6 is 0 Å². The molecule has 2 heterocycles. The average molecular weight is 298 g/mol. The molecule has 0 spiro atoms. The number of hydrogen-bond donors (Lipinski definition) is 1. The first kappa shape index (κ1) is 16.7. The second-order valence-corrected chi connectivity index (χ2v) is 6.81. The topological polar surface area (TPSA) is 50.8 Å². The zero-order valence-corrected chi connectivity index (χ0v) is 13.9. The summed E-state index contributed by atoms with van der Waals surface area (Å²) in [5.41, 5.74) is -0.323. The fraction of sp³-hybridized carbons (Fsp3) is 0.938. The summed E-state index contributed by atoms with van der Waals surface area (Å²) < 4.78 is 11.2. The van der Waals surface area contributed by atoms with Crippen LogP contribution in [0.2, 0.25) is 0 Å². The zero-order chi connectivity index (χ0) is 15.5. The number of carbonyl (C=O) groups excluding carboxylic acids is 1. The molecule has 0 aromatic heterocycles. The van der Waals surface area contributed by atoms with Crippen LogP contribution in [0.4, 0.5) is 0 Å². The van der Waals surface area contributed by atoms with E-state index >= 15 is 0 Å². The molecule has 21 heavy (non-hydrogen) atoms. The highest BCUT2D eigenvalue weighted by Crippen LogP contribution is 2.28. The summed E-state index contributed by atoms with van der Waals surface area (Å²) in [6, 6.07) is -0.0437. The lowest BCUT2D eigenvalue weighted by Gasteiger charge is -2.34. The van der Waals surface area contributed by atoms with Gasteiger partial charge in [0.1, 0.15) is 5.60 Å². The maximum atomic E-state index is 12.7. The van der Waals surface area contributed by atoms with Crippen LogP contribution in [-0.4, -0.2) is 55.5 Å². The van der Waals surface area contributed by atoms with Gasteiger partial charge in [0.15, 0.2) is 0 Å². The Morgan fingerprint density at radius 3 is 2.81 bits per heavy atom. The van der Waals surface area contributed by atoms with Crippen LogP contribution < -0.4 is 5.32 Å². The molecule has 1 amide bonds.